The van der Waals surface area contributed by atoms with Crippen LogP contribution in [0, 0.1) is 5.92 Å². The van der Waals surface area contributed by atoms with Crippen LogP contribution in [0.2, 0.25) is 10.0 Å². The molecule has 0 saturated carbocycles. The molecule has 2 N–H and O–H groups in total. The summed E-state index contributed by atoms with van der Waals surface area (Å²) in [5, 5.41) is 6.96. The summed E-state index contributed by atoms with van der Waals surface area (Å²) in [6, 6.07) is 4.97. The molecule has 1 unspecified atom stereocenters. The molecule has 1 atom stereocenters. The number of rotatable bonds is 7. The first-order valence-electron chi connectivity index (χ1n) is 7.79. The molecule has 126 valence electrons. The number of halogens is 2. The molecule has 1 aromatic rings. The Morgan fingerprint density at radius 3 is 2.83 bits per heavy atom. The third-order valence-electron chi connectivity index (χ3n) is 3.75. The van der Waals surface area contributed by atoms with E-state index in [1.807, 2.05) is 0 Å². The van der Waals surface area contributed by atoms with Gasteiger partial charge in [0.25, 0.3) is 0 Å². The van der Waals surface area contributed by atoms with E-state index >= 15 is 0 Å². The van der Waals surface area contributed by atoms with Gasteiger partial charge in [-0.05, 0) is 37.6 Å². The zero-order valence-corrected chi connectivity index (χ0v) is 14.6. The molecular formula is C16H21Cl2N3O2. The van der Waals surface area contributed by atoms with Gasteiger partial charge in [-0.2, -0.15) is 0 Å². The number of benzene rings is 1. The van der Waals surface area contributed by atoms with Crippen LogP contribution in [0.25, 0.3) is 0 Å². The first-order valence-corrected chi connectivity index (χ1v) is 8.55. The van der Waals surface area contributed by atoms with Crippen molar-refractivity contribution in [2.45, 2.75) is 19.8 Å². The van der Waals surface area contributed by atoms with Gasteiger partial charge in [0.1, 0.15) is 5.92 Å². The van der Waals surface area contributed by atoms with Crippen molar-refractivity contribution < 1.29 is 9.59 Å². The fourth-order valence-corrected chi connectivity index (χ4v) is 2.94. The van der Waals surface area contributed by atoms with Crippen molar-refractivity contribution in [3.63, 3.8) is 0 Å². The van der Waals surface area contributed by atoms with Crippen molar-refractivity contribution in [2.24, 2.45) is 5.92 Å². The van der Waals surface area contributed by atoms with Crippen molar-refractivity contribution in [3.8, 4) is 0 Å². The van der Waals surface area contributed by atoms with Gasteiger partial charge >= 0.3 is 0 Å². The van der Waals surface area contributed by atoms with Crippen molar-refractivity contribution in [1.82, 2.24) is 10.6 Å². The highest BCUT2D eigenvalue weighted by Crippen LogP contribution is 2.33. The second-order valence-electron chi connectivity index (χ2n) is 5.47. The summed E-state index contributed by atoms with van der Waals surface area (Å²) in [6.45, 7) is 4.67. The fraction of sp³-hybridized carbons (Fsp3) is 0.500. The van der Waals surface area contributed by atoms with E-state index in [1.165, 1.54) is 4.90 Å². The number of hydrogen-bond acceptors (Lipinski definition) is 3. The summed E-state index contributed by atoms with van der Waals surface area (Å²) in [7, 11) is 0. The van der Waals surface area contributed by atoms with E-state index < -0.39 is 5.92 Å². The van der Waals surface area contributed by atoms with Gasteiger partial charge in [0.05, 0.1) is 10.7 Å². The van der Waals surface area contributed by atoms with Crippen LogP contribution in [0.4, 0.5) is 5.69 Å². The van der Waals surface area contributed by atoms with Crippen molar-refractivity contribution in [2.75, 3.05) is 31.1 Å². The van der Waals surface area contributed by atoms with Gasteiger partial charge in [0.15, 0.2) is 0 Å². The molecule has 0 radical (unpaired) electrons. The lowest BCUT2D eigenvalue weighted by atomic mass is 10.1. The SMILES string of the molecule is CCCNCCNC(=O)C1CCN(c2cc(Cl)ccc2Cl)C1=O. The maximum Gasteiger partial charge on any atom is 0.239 e. The Balaban J connectivity index is 1.93. The normalized spacial score (nSPS) is 17.6. The Morgan fingerprint density at radius 2 is 2.09 bits per heavy atom. The molecule has 23 heavy (non-hydrogen) atoms. The van der Waals surface area contributed by atoms with Crippen LogP contribution in [-0.2, 0) is 9.59 Å². The van der Waals surface area contributed by atoms with Crippen LogP contribution < -0.4 is 15.5 Å². The van der Waals surface area contributed by atoms with Crippen LogP contribution in [0.5, 0.6) is 0 Å². The molecule has 2 rings (SSSR count). The van der Waals surface area contributed by atoms with Crippen LogP contribution >= 0.6 is 23.2 Å². The third-order valence-corrected chi connectivity index (χ3v) is 4.30. The molecule has 5 nitrogen and oxygen atoms in total. The number of anilines is 1. The number of hydrogen-bond donors (Lipinski definition) is 2. The maximum absolute atomic E-state index is 12.5. The smallest absolute Gasteiger partial charge is 0.239 e. The van der Waals surface area contributed by atoms with Gasteiger partial charge in [-0.25, -0.2) is 0 Å². The Kier molecular flexibility index (Phi) is 6.69. The number of nitrogens with one attached hydrogen (secondary N) is 2. The second kappa shape index (κ2) is 8.52. The Bertz CT molecular complexity index is 580. The van der Waals surface area contributed by atoms with Gasteiger partial charge < -0.3 is 15.5 Å². The Hall–Kier alpha value is -1.30. The second-order valence-corrected chi connectivity index (χ2v) is 6.31. The summed E-state index contributed by atoms with van der Waals surface area (Å²) in [4.78, 5) is 26.2. The minimum Gasteiger partial charge on any atom is -0.354 e. The average molecular weight is 358 g/mol. The largest absolute Gasteiger partial charge is 0.354 e. The highest BCUT2D eigenvalue weighted by molar-refractivity contribution is 6.36. The van der Waals surface area contributed by atoms with E-state index in [9.17, 15) is 9.59 Å². The number of nitrogens with zero attached hydrogens (tertiary/aromatic N) is 1. The average Bonchev–Trinajstić information content (AvgIpc) is 2.91. The molecule has 0 aliphatic carbocycles. The predicted octanol–water partition coefficient (Wildman–Crippen LogP) is 2.46. The quantitative estimate of drug-likeness (QED) is 0.582. The van der Waals surface area contributed by atoms with E-state index in [2.05, 4.69) is 17.6 Å². The Morgan fingerprint density at radius 1 is 1.30 bits per heavy atom. The molecule has 1 aliphatic heterocycles. The fourth-order valence-electron chi connectivity index (χ4n) is 2.55. The molecule has 7 heteroatoms. The van der Waals surface area contributed by atoms with E-state index in [0.29, 0.717) is 41.8 Å². The minimum atomic E-state index is -0.656. The summed E-state index contributed by atoms with van der Waals surface area (Å²) >= 11 is 12.1. The van der Waals surface area contributed by atoms with E-state index in [0.717, 1.165) is 13.0 Å². The molecule has 1 aliphatic rings. The standard InChI is InChI=1S/C16H21Cl2N3O2/c1-2-6-19-7-8-20-15(22)12-5-9-21(16(12)23)14-10-11(17)3-4-13(14)18/h3-4,10,12,19H,2,5-9H2,1H3,(H,20,22). The van der Waals surface area contributed by atoms with Crippen LogP contribution in [-0.4, -0.2) is 38.0 Å². The summed E-state index contributed by atoms with van der Waals surface area (Å²) in [5.41, 5.74) is 0.559. The van der Waals surface area contributed by atoms with Crippen molar-refractivity contribution in [3.05, 3.63) is 28.2 Å². The molecule has 0 bridgehead atoms. The molecule has 0 spiro atoms. The maximum atomic E-state index is 12.5. The number of carbonyl (C=O) groups is 2. The topological polar surface area (TPSA) is 61.4 Å². The van der Waals surface area contributed by atoms with Gasteiger partial charge in [-0.1, -0.05) is 30.1 Å². The lowest BCUT2D eigenvalue weighted by molar-refractivity contribution is -0.132. The number of amides is 2. The lowest BCUT2D eigenvalue weighted by Crippen LogP contribution is -2.39. The van der Waals surface area contributed by atoms with E-state index in [-0.39, 0.29) is 11.8 Å². The predicted molar refractivity (Wildman–Crippen MR) is 93.1 cm³/mol. The van der Waals surface area contributed by atoms with Crippen LogP contribution in [0.1, 0.15) is 19.8 Å². The van der Waals surface area contributed by atoms with Gasteiger partial charge in [-0.3, -0.25) is 9.59 Å². The van der Waals surface area contributed by atoms with Crippen molar-refractivity contribution >= 4 is 40.7 Å². The monoisotopic (exact) mass is 357 g/mol. The summed E-state index contributed by atoms with van der Waals surface area (Å²) < 4.78 is 0. The van der Waals surface area contributed by atoms with Gasteiger partial charge in [0.2, 0.25) is 11.8 Å². The van der Waals surface area contributed by atoms with E-state index in [4.69, 9.17) is 23.2 Å². The van der Waals surface area contributed by atoms with Crippen LogP contribution in [0.3, 0.4) is 0 Å². The molecule has 1 saturated heterocycles. The minimum absolute atomic E-state index is 0.228. The highest BCUT2D eigenvalue weighted by Gasteiger charge is 2.38. The molecule has 1 aromatic carbocycles. The van der Waals surface area contributed by atoms with Crippen LogP contribution in [0.15, 0.2) is 18.2 Å². The summed E-state index contributed by atoms with van der Waals surface area (Å²) in [6.07, 6.45) is 1.53. The van der Waals surface area contributed by atoms with Crippen molar-refractivity contribution in [1.29, 1.82) is 0 Å². The first-order chi connectivity index (χ1) is 11.0. The molecule has 1 heterocycles. The lowest BCUT2D eigenvalue weighted by Gasteiger charge is -2.18. The zero-order chi connectivity index (χ0) is 16.8. The van der Waals surface area contributed by atoms with E-state index in [1.54, 1.807) is 18.2 Å². The zero-order valence-electron chi connectivity index (χ0n) is 13.1. The van der Waals surface area contributed by atoms with Gasteiger partial charge in [-0.15, -0.1) is 0 Å². The molecule has 0 aromatic heterocycles. The Labute approximate surface area is 146 Å². The third kappa shape index (κ3) is 4.59. The first kappa shape index (κ1) is 18.0. The number of carbonyl (C=O) groups excluding carboxylic acids is 2. The molecule has 2 amide bonds. The summed E-state index contributed by atoms with van der Waals surface area (Å²) in [5.74, 6) is -1.11. The molecular weight excluding hydrogens is 337 g/mol. The molecule has 1 fully saturated rings. The highest BCUT2D eigenvalue weighted by atomic mass is 35.5. The van der Waals surface area contributed by atoms with Gasteiger partial charge in [0, 0.05) is 24.7 Å².